The second-order valence-corrected chi connectivity index (χ2v) is 4.32. The van der Waals surface area contributed by atoms with E-state index in [4.69, 9.17) is 0 Å². The molecule has 0 saturated carbocycles. The van der Waals surface area contributed by atoms with E-state index in [-0.39, 0.29) is 18.4 Å². The van der Waals surface area contributed by atoms with Crippen molar-refractivity contribution in [3.63, 3.8) is 0 Å². The fourth-order valence-electron chi connectivity index (χ4n) is 1.94. The van der Waals surface area contributed by atoms with Crippen LogP contribution in [0.2, 0.25) is 0 Å². The Hall–Kier alpha value is -1.84. The Labute approximate surface area is 101 Å². The van der Waals surface area contributed by atoms with E-state index in [0.29, 0.717) is 13.1 Å². The zero-order chi connectivity index (χ0) is 12.4. The zero-order valence-corrected chi connectivity index (χ0v) is 10.1. The van der Waals surface area contributed by atoms with Crippen molar-refractivity contribution in [3.8, 4) is 0 Å². The van der Waals surface area contributed by atoms with Crippen molar-refractivity contribution in [1.82, 2.24) is 4.90 Å². The number of hydrogen-bond donors (Lipinski definition) is 0. The summed E-state index contributed by atoms with van der Waals surface area (Å²) in [5.74, 6) is -0.0581. The van der Waals surface area contributed by atoms with Gasteiger partial charge >= 0.3 is 0 Å². The molecule has 17 heavy (non-hydrogen) atoms. The van der Waals surface area contributed by atoms with Crippen LogP contribution in [-0.4, -0.2) is 36.3 Å². The number of piperazine rings is 1. The van der Waals surface area contributed by atoms with Crippen molar-refractivity contribution in [2.45, 2.75) is 13.8 Å². The van der Waals surface area contributed by atoms with Crippen LogP contribution >= 0.6 is 0 Å². The molecule has 1 aliphatic heterocycles. The highest BCUT2D eigenvalue weighted by molar-refractivity contribution is 5.97. The second-order valence-electron chi connectivity index (χ2n) is 4.32. The molecule has 0 atom stereocenters. The van der Waals surface area contributed by atoms with Crippen LogP contribution in [0.25, 0.3) is 0 Å². The van der Waals surface area contributed by atoms with E-state index in [1.807, 2.05) is 31.2 Å². The molecule has 2 amide bonds. The summed E-state index contributed by atoms with van der Waals surface area (Å²) in [5, 5.41) is 0. The first-order valence-corrected chi connectivity index (χ1v) is 5.70. The largest absolute Gasteiger partial charge is 0.332 e. The van der Waals surface area contributed by atoms with Gasteiger partial charge in [-0.1, -0.05) is 17.7 Å². The quantitative estimate of drug-likeness (QED) is 0.729. The number of carbonyl (C=O) groups is 2. The first-order valence-electron chi connectivity index (χ1n) is 5.70. The minimum absolute atomic E-state index is 0.0182. The van der Waals surface area contributed by atoms with Crippen molar-refractivity contribution >= 4 is 17.5 Å². The molecule has 1 fully saturated rings. The van der Waals surface area contributed by atoms with Crippen molar-refractivity contribution in [2.75, 3.05) is 24.5 Å². The lowest BCUT2D eigenvalue weighted by molar-refractivity contribution is -0.135. The molecular formula is C13H16N2O2. The number of aryl methyl sites for hydroxylation is 1. The molecule has 1 saturated heterocycles. The number of amides is 2. The van der Waals surface area contributed by atoms with E-state index in [1.165, 1.54) is 12.5 Å². The van der Waals surface area contributed by atoms with Gasteiger partial charge in [0.25, 0.3) is 0 Å². The highest BCUT2D eigenvalue weighted by Gasteiger charge is 2.25. The fourth-order valence-corrected chi connectivity index (χ4v) is 1.94. The third kappa shape index (κ3) is 2.46. The van der Waals surface area contributed by atoms with E-state index < -0.39 is 0 Å². The normalized spacial score (nSPS) is 16.2. The second kappa shape index (κ2) is 4.57. The number of nitrogens with zero attached hydrogens (tertiary/aromatic N) is 2. The van der Waals surface area contributed by atoms with Gasteiger partial charge in [-0.05, 0) is 19.1 Å². The lowest BCUT2D eigenvalue weighted by Gasteiger charge is -2.33. The molecular weight excluding hydrogens is 216 g/mol. The summed E-state index contributed by atoms with van der Waals surface area (Å²) >= 11 is 0. The molecule has 4 heteroatoms. The van der Waals surface area contributed by atoms with E-state index in [1.54, 1.807) is 9.80 Å². The zero-order valence-electron chi connectivity index (χ0n) is 10.1. The lowest BCUT2D eigenvalue weighted by Crippen LogP contribution is -2.51. The van der Waals surface area contributed by atoms with Crippen LogP contribution in [0.4, 0.5) is 5.69 Å². The molecule has 0 radical (unpaired) electrons. The molecule has 1 aliphatic rings. The molecule has 4 nitrogen and oxygen atoms in total. The van der Waals surface area contributed by atoms with Crippen LogP contribution in [0, 0.1) is 6.92 Å². The monoisotopic (exact) mass is 232 g/mol. The predicted molar refractivity (Wildman–Crippen MR) is 65.8 cm³/mol. The molecule has 0 aliphatic carbocycles. The molecule has 2 rings (SSSR count). The average molecular weight is 232 g/mol. The lowest BCUT2D eigenvalue weighted by atomic mass is 10.2. The molecule has 0 spiro atoms. The summed E-state index contributed by atoms with van der Waals surface area (Å²) in [4.78, 5) is 26.4. The van der Waals surface area contributed by atoms with Gasteiger partial charge in [-0.25, -0.2) is 0 Å². The van der Waals surface area contributed by atoms with Gasteiger partial charge < -0.3 is 9.80 Å². The summed E-state index contributed by atoms with van der Waals surface area (Å²) in [5.41, 5.74) is 2.08. The van der Waals surface area contributed by atoms with Gasteiger partial charge in [-0.2, -0.15) is 0 Å². The third-order valence-corrected chi connectivity index (χ3v) is 3.01. The van der Waals surface area contributed by atoms with Crippen molar-refractivity contribution < 1.29 is 9.59 Å². The maximum atomic E-state index is 11.9. The Morgan fingerprint density at radius 2 is 1.82 bits per heavy atom. The van der Waals surface area contributed by atoms with Gasteiger partial charge in [0.1, 0.15) is 6.54 Å². The maximum absolute atomic E-state index is 11.9. The van der Waals surface area contributed by atoms with Crippen molar-refractivity contribution in [1.29, 1.82) is 0 Å². The number of hydrogen-bond acceptors (Lipinski definition) is 2. The van der Waals surface area contributed by atoms with Gasteiger partial charge in [0.2, 0.25) is 11.8 Å². The van der Waals surface area contributed by atoms with Crippen LogP contribution in [-0.2, 0) is 9.59 Å². The number of carbonyl (C=O) groups excluding carboxylic acids is 2. The average Bonchev–Trinajstić information content (AvgIpc) is 2.30. The van der Waals surface area contributed by atoms with Gasteiger partial charge in [-0.15, -0.1) is 0 Å². The molecule has 1 heterocycles. The van der Waals surface area contributed by atoms with E-state index in [9.17, 15) is 9.59 Å². The summed E-state index contributed by atoms with van der Waals surface area (Å²) < 4.78 is 0. The highest BCUT2D eigenvalue weighted by atomic mass is 16.2. The number of rotatable bonds is 1. The Kier molecular flexibility index (Phi) is 3.13. The first kappa shape index (κ1) is 11.6. The third-order valence-electron chi connectivity index (χ3n) is 3.01. The molecule has 0 aromatic heterocycles. The summed E-state index contributed by atoms with van der Waals surface area (Å²) in [7, 11) is 0. The summed E-state index contributed by atoms with van der Waals surface area (Å²) in [6, 6.07) is 7.85. The van der Waals surface area contributed by atoms with Crippen molar-refractivity contribution in [3.05, 3.63) is 29.8 Å². The standard InChI is InChI=1S/C13H16N2O2/c1-10-3-5-12(6-4-10)15-8-7-14(11(2)16)9-13(15)17/h3-6H,7-9H2,1-2H3. The Morgan fingerprint density at radius 1 is 1.18 bits per heavy atom. The Bertz CT molecular complexity index is 439. The molecule has 0 N–H and O–H groups in total. The van der Waals surface area contributed by atoms with Gasteiger partial charge in [0.15, 0.2) is 0 Å². The minimum Gasteiger partial charge on any atom is -0.332 e. The highest BCUT2D eigenvalue weighted by Crippen LogP contribution is 2.17. The smallest absolute Gasteiger partial charge is 0.246 e. The van der Waals surface area contributed by atoms with Crippen molar-refractivity contribution in [2.24, 2.45) is 0 Å². The molecule has 1 aromatic rings. The minimum atomic E-state index is -0.0399. The Morgan fingerprint density at radius 3 is 2.35 bits per heavy atom. The van der Waals surface area contributed by atoms with E-state index in [0.717, 1.165) is 5.69 Å². The summed E-state index contributed by atoms with van der Waals surface area (Å²) in [6.45, 7) is 4.87. The van der Waals surface area contributed by atoms with Crippen LogP contribution in [0.3, 0.4) is 0 Å². The van der Waals surface area contributed by atoms with Crippen LogP contribution in [0.15, 0.2) is 24.3 Å². The van der Waals surface area contributed by atoms with Crippen LogP contribution in [0.5, 0.6) is 0 Å². The first-order chi connectivity index (χ1) is 8.08. The van der Waals surface area contributed by atoms with Crippen LogP contribution < -0.4 is 4.90 Å². The van der Waals surface area contributed by atoms with Crippen LogP contribution in [0.1, 0.15) is 12.5 Å². The van der Waals surface area contributed by atoms with Gasteiger partial charge in [0, 0.05) is 25.7 Å². The number of anilines is 1. The molecule has 90 valence electrons. The SMILES string of the molecule is CC(=O)N1CCN(c2ccc(C)cc2)C(=O)C1. The van der Waals surface area contributed by atoms with Gasteiger partial charge in [0.05, 0.1) is 0 Å². The topological polar surface area (TPSA) is 40.6 Å². The Balaban J connectivity index is 2.12. The predicted octanol–water partition coefficient (Wildman–Crippen LogP) is 1.19. The maximum Gasteiger partial charge on any atom is 0.246 e. The molecule has 1 aromatic carbocycles. The van der Waals surface area contributed by atoms with E-state index >= 15 is 0 Å². The van der Waals surface area contributed by atoms with E-state index in [2.05, 4.69) is 0 Å². The fraction of sp³-hybridized carbons (Fsp3) is 0.385. The molecule has 0 unspecified atom stereocenters. The van der Waals surface area contributed by atoms with Gasteiger partial charge in [-0.3, -0.25) is 9.59 Å². The summed E-state index contributed by atoms with van der Waals surface area (Å²) in [6.07, 6.45) is 0. The number of benzene rings is 1. The molecule has 0 bridgehead atoms.